The van der Waals surface area contributed by atoms with Gasteiger partial charge in [-0.15, -0.1) is 0 Å². The van der Waals surface area contributed by atoms with E-state index in [-0.39, 0.29) is 18.5 Å². The average Bonchev–Trinajstić information content (AvgIpc) is 3.39. The van der Waals surface area contributed by atoms with Crippen LogP contribution in [-0.4, -0.2) is 20.7 Å². The molecule has 5 nitrogen and oxygen atoms in total. The van der Waals surface area contributed by atoms with Gasteiger partial charge in [-0.25, -0.2) is 0 Å². The molecular formula is C22H19ClN4OS2. The molecule has 1 atom stereocenters. The predicted molar refractivity (Wildman–Crippen MR) is 123 cm³/mol. The molecule has 0 aliphatic carbocycles. The van der Waals surface area contributed by atoms with E-state index in [1.54, 1.807) is 15.9 Å². The zero-order chi connectivity index (χ0) is 21.1. The largest absolute Gasteiger partial charge is 0.344 e. The van der Waals surface area contributed by atoms with Crippen molar-refractivity contribution >= 4 is 41.1 Å². The third-order valence-corrected chi connectivity index (χ3v) is 6.02. The van der Waals surface area contributed by atoms with Crippen LogP contribution >= 0.6 is 35.2 Å². The van der Waals surface area contributed by atoms with E-state index in [2.05, 4.69) is 15.5 Å². The number of aryl methyl sites for hydroxylation is 1. The van der Waals surface area contributed by atoms with Gasteiger partial charge in [0.05, 0.1) is 6.04 Å². The maximum atomic E-state index is 13.0. The highest BCUT2D eigenvalue weighted by Gasteiger charge is 2.19. The lowest BCUT2D eigenvalue weighted by Gasteiger charge is -2.19. The number of carbonyl (C=O) groups is 1. The number of rotatable bonds is 6. The topological polar surface area (TPSA) is 62.7 Å². The third-order valence-electron chi connectivity index (χ3n) is 4.75. The highest BCUT2D eigenvalue weighted by atomic mass is 35.5. The molecule has 0 radical (unpaired) electrons. The van der Waals surface area contributed by atoms with Gasteiger partial charge in [-0.05, 0) is 59.2 Å². The summed E-state index contributed by atoms with van der Waals surface area (Å²) >= 11 is 13.0. The summed E-state index contributed by atoms with van der Waals surface area (Å²) < 4.78 is 2.11. The highest BCUT2D eigenvalue weighted by Crippen LogP contribution is 2.26. The van der Waals surface area contributed by atoms with Crippen molar-refractivity contribution in [3.63, 3.8) is 0 Å². The van der Waals surface area contributed by atoms with Crippen molar-refractivity contribution in [2.45, 2.75) is 19.5 Å². The van der Waals surface area contributed by atoms with Crippen LogP contribution in [0.25, 0.3) is 11.4 Å². The molecule has 2 N–H and O–H groups in total. The number of H-pyrrole nitrogens is 1. The molecule has 0 bridgehead atoms. The lowest BCUT2D eigenvalue weighted by Crippen LogP contribution is -2.32. The minimum Gasteiger partial charge on any atom is -0.344 e. The molecule has 2 aromatic heterocycles. The number of nitrogens with zero attached hydrogens (tertiary/aromatic N) is 2. The SMILES string of the molecule is Cc1ccc(-c2n[nH]c(=S)n2CC(=O)NC(c2ccc(Cl)cc2)c2ccsc2)cc1. The molecule has 4 aromatic rings. The van der Waals surface area contributed by atoms with Gasteiger partial charge in [0.15, 0.2) is 10.6 Å². The monoisotopic (exact) mass is 454 g/mol. The van der Waals surface area contributed by atoms with Gasteiger partial charge < -0.3 is 5.32 Å². The summed E-state index contributed by atoms with van der Waals surface area (Å²) in [4.78, 5) is 13.0. The number of halogens is 1. The quantitative estimate of drug-likeness (QED) is 0.376. The van der Waals surface area contributed by atoms with E-state index in [0.717, 1.165) is 22.3 Å². The number of carbonyl (C=O) groups excluding carboxylic acids is 1. The highest BCUT2D eigenvalue weighted by molar-refractivity contribution is 7.71. The maximum Gasteiger partial charge on any atom is 0.240 e. The maximum absolute atomic E-state index is 13.0. The second-order valence-corrected chi connectivity index (χ2v) is 8.52. The first-order chi connectivity index (χ1) is 14.5. The molecular weight excluding hydrogens is 436 g/mol. The molecule has 0 fully saturated rings. The van der Waals surface area contributed by atoms with E-state index in [4.69, 9.17) is 23.8 Å². The van der Waals surface area contributed by atoms with Gasteiger partial charge in [0, 0.05) is 10.6 Å². The smallest absolute Gasteiger partial charge is 0.240 e. The summed E-state index contributed by atoms with van der Waals surface area (Å²) in [5.74, 6) is 0.473. The van der Waals surface area contributed by atoms with Gasteiger partial charge in [-0.3, -0.25) is 14.5 Å². The Hall–Kier alpha value is -2.74. The summed E-state index contributed by atoms with van der Waals surface area (Å²) in [5, 5.41) is 14.9. The van der Waals surface area contributed by atoms with Crippen LogP contribution < -0.4 is 5.32 Å². The van der Waals surface area contributed by atoms with E-state index in [1.807, 2.05) is 72.3 Å². The number of aromatic amines is 1. The minimum absolute atomic E-state index is 0.0623. The fourth-order valence-electron chi connectivity index (χ4n) is 3.19. The molecule has 4 rings (SSSR count). The Labute approximate surface area is 188 Å². The van der Waals surface area contributed by atoms with Crippen molar-refractivity contribution in [3.05, 3.63) is 91.8 Å². The second kappa shape index (κ2) is 8.95. The van der Waals surface area contributed by atoms with Crippen molar-refractivity contribution < 1.29 is 4.79 Å². The first kappa shape index (κ1) is 20.5. The number of hydrogen-bond donors (Lipinski definition) is 2. The fourth-order valence-corrected chi connectivity index (χ4v) is 4.20. The Kier molecular flexibility index (Phi) is 6.13. The van der Waals surface area contributed by atoms with Crippen LogP contribution in [0.3, 0.4) is 0 Å². The summed E-state index contributed by atoms with van der Waals surface area (Å²) in [6.45, 7) is 2.09. The lowest BCUT2D eigenvalue weighted by atomic mass is 10.0. The van der Waals surface area contributed by atoms with Gasteiger partial charge >= 0.3 is 0 Å². The molecule has 8 heteroatoms. The Morgan fingerprint density at radius 1 is 1.17 bits per heavy atom. The van der Waals surface area contributed by atoms with Crippen molar-refractivity contribution in [2.75, 3.05) is 0 Å². The Bertz CT molecular complexity index is 1200. The molecule has 0 saturated carbocycles. The first-order valence-corrected chi connectivity index (χ1v) is 11.0. The van der Waals surface area contributed by atoms with E-state index in [1.165, 1.54) is 0 Å². The van der Waals surface area contributed by atoms with Crippen molar-refractivity contribution in [3.8, 4) is 11.4 Å². The molecule has 2 aromatic carbocycles. The van der Waals surface area contributed by atoms with Crippen molar-refractivity contribution in [1.82, 2.24) is 20.1 Å². The zero-order valence-corrected chi connectivity index (χ0v) is 18.5. The Morgan fingerprint density at radius 3 is 2.57 bits per heavy atom. The van der Waals surface area contributed by atoms with Crippen LogP contribution in [0.2, 0.25) is 5.02 Å². The zero-order valence-electron chi connectivity index (χ0n) is 16.1. The van der Waals surface area contributed by atoms with Crippen LogP contribution in [0.15, 0.2) is 65.4 Å². The molecule has 152 valence electrons. The summed E-state index contributed by atoms with van der Waals surface area (Å²) in [6.07, 6.45) is 0. The molecule has 0 aliphatic heterocycles. The summed E-state index contributed by atoms with van der Waals surface area (Å²) in [6, 6.07) is 17.2. The van der Waals surface area contributed by atoms with Crippen molar-refractivity contribution in [2.24, 2.45) is 0 Å². The van der Waals surface area contributed by atoms with Gasteiger partial charge in [-0.1, -0.05) is 53.6 Å². The van der Waals surface area contributed by atoms with Gasteiger partial charge in [0.25, 0.3) is 0 Å². The normalized spacial score (nSPS) is 11.9. The molecule has 0 aliphatic rings. The number of hydrogen-bond acceptors (Lipinski definition) is 4. The molecule has 0 saturated heterocycles. The van der Waals surface area contributed by atoms with Crippen LogP contribution in [0.1, 0.15) is 22.7 Å². The molecule has 1 unspecified atom stereocenters. The van der Waals surface area contributed by atoms with E-state index >= 15 is 0 Å². The lowest BCUT2D eigenvalue weighted by molar-refractivity contribution is -0.122. The number of aromatic nitrogens is 3. The second-order valence-electron chi connectivity index (χ2n) is 6.91. The van der Waals surface area contributed by atoms with Gasteiger partial charge in [-0.2, -0.15) is 16.4 Å². The number of amides is 1. The van der Waals surface area contributed by atoms with E-state index in [0.29, 0.717) is 15.6 Å². The number of thiophene rings is 1. The average molecular weight is 455 g/mol. The number of nitrogens with one attached hydrogen (secondary N) is 2. The van der Waals surface area contributed by atoms with Crippen LogP contribution in [0.5, 0.6) is 0 Å². The Morgan fingerprint density at radius 2 is 1.90 bits per heavy atom. The van der Waals surface area contributed by atoms with Crippen LogP contribution in [0.4, 0.5) is 0 Å². The first-order valence-electron chi connectivity index (χ1n) is 9.30. The van der Waals surface area contributed by atoms with E-state index < -0.39 is 0 Å². The van der Waals surface area contributed by atoms with E-state index in [9.17, 15) is 4.79 Å². The number of benzene rings is 2. The summed E-state index contributed by atoms with van der Waals surface area (Å²) in [5.41, 5.74) is 4.03. The molecule has 30 heavy (non-hydrogen) atoms. The third kappa shape index (κ3) is 4.53. The fraction of sp³-hybridized carbons (Fsp3) is 0.136. The summed E-state index contributed by atoms with van der Waals surface area (Å²) in [7, 11) is 0. The standard InChI is InChI=1S/C22H19ClN4OS2/c1-14-2-4-16(5-3-14)21-25-26-22(29)27(21)12-19(28)24-20(17-10-11-30-13-17)15-6-8-18(23)9-7-15/h2-11,13,20H,12H2,1H3,(H,24,28)(H,26,29). The Balaban J connectivity index is 1.59. The van der Waals surface area contributed by atoms with Crippen LogP contribution in [-0.2, 0) is 11.3 Å². The van der Waals surface area contributed by atoms with Gasteiger partial charge in [0.2, 0.25) is 5.91 Å². The molecule has 1 amide bonds. The van der Waals surface area contributed by atoms with Crippen LogP contribution in [0, 0.1) is 11.7 Å². The predicted octanol–water partition coefficient (Wildman–Crippen LogP) is 5.54. The minimum atomic E-state index is -0.273. The molecule has 0 spiro atoms. The van der Waals surface area contributed by atoms with Crippen molar-refractivity contribution in [1.29, 1.82) is 0 Å². The molecule has 2 heterocycles. The van der Waals surface area contributed by atoms with Gasteiger partial charge in [0.1, 0.15) is 6.54 Å².